The fraction of sp³-hybridized carbons (Fsp3) is 0.478. The number of hydrogen-bond donors (Lipinski definition) is 3. The Balaban J connectivity index is 1.66. The lowest BCUT2D eigenvalue weighted by atomic mass is 9.94. The van der Waals surface area contributed by atoms with Crippen molar-refractivity contribution in [2.24, 2.45) is 0 Å². The van der Waals surface area contributed by atoms with Crippen molar-refractivity contribution in [3.63, 3.8) is 0 Å². The summed E-state index contributed by atoms with van der Waals surface area (Å²) in [6, 6.07) is 5.49. The monoisotopic (exact) mass is 430 g/mol. The van der Waals surface area contributed by atoms with E-state index in [2.05, 4.69) is 34.4 Å². The highest BCUT2D eigenvalue weighted by Crippen LogP contribution is 2.37. The summed E-state index contributed by atoms with van der Waals surface area (Å²) in [7, 11) is 0. The molecule has 3 N–H and O–H groups in total. The highest BCUT2D eigenvalue weighted by Gasteiger charge is 2.31. The molecule has 0 saturated heterocycles. The van der Waals surface area contributed by atoms with Crippen LogP contribution in [0.4, 0.5) is 5.69 Å². The Bertz CT molecular complexity index is 934. The molecule has 1 atom stereocenters. The van der Waals surface area contributed by atoms with E-state index < -0.39 is 0 Å². The van der Waals surface area contributed by atoms with Crippen LogP contribution >= 0.6 is 11.6 Å². The molecule has 6 nitrogen and oxygen atoms in total. The Labute approximate surface area is 183 Å². The molecule has 162 valence electrons. The SMILES string of the molecule is CCN(CC)CCNC(=O)c1c(C)[nH]c(CCC2C(=O)Nc3ccc(Cl)cc32)c1C. The van der Waals surface area contributed by atoms with Crippen LogP contribution in [0.3, 0.4) is 0 Å². The molecule has 2 amide bonds. The minimum atomic E-state index is -0.229. The number of carbonyl (C=O) groups excluding carboxylic acids is 2. The number of nitrogens with one attached hydrogen (secondary N) is 3. The maximum atomic E-state index is 12.7. The lowest BCUT2D eigenvalue weighted by Gasteiger charge is -2.18. The maximum Gasteiger partial charge on any atom is 0.253 e. The average molecular weight is 431 g/mol. The lowest BCUT2D eigenvalue weighted by molar-refractivity contribution is -0.117. The first-order valence-electron chi connectivity index (χ1n) is 10.6. The van der Waals surface area contributed by atoms with E-state index in [1.807, 2.05) is 26.0 Å². The van der Waals surface area contributed by atoms with Gasteiger partial charge in [0.2, 0.25) is 5.91 Å². The number of likely N-dealkylation sites (N-methyl/N-ethyl adjacent to an activating group) is 1. The van der Waals surface area contributed by atoms with E-state index in [0.717, 1.165) is 47.8 Å². The summed E-state index contributed by atoms with van der Waals surface area (Å²) in [6.07, 6.45) is 1.34. The second-order valence-electron chi connectivity index (χ2n) is 7.82. The molecule has 0 bridgehead atoms. The van der Waals surface area contributed by atoms with Gasteiger partial charge in [-0.15, -0.1) is 0 Å². The molecule has 2 aromatic rings. The van der Waals surface area contributed by atoms with Crippen molar-refractivity contribution in [2.45, 2.75) is 46.5 Å². The van der Waals surface area contributed by atoms with Crippen molar-refractivity contribution in [3.8, 4) is 0 Å². The van der Waals surface area contributed by atoms with Crippen molar-refractivity contribution in [1.82, 2.24) is 15.2 Å². The van der Waals surface area contributed by atoms with Crippen LogP contribution in [0.2, 0.25) is 5.02 Å². The van der Waals surface area contributed by atoms with E-state index in [-0.39, 0.29) is 17.7 Å². The molecule has 7 heteroatoms. The van der Waals surface area contributed by atoms with E-state index >= 15 is 0 Å². The van der Waals surface area contributed by atoms with E-state index in [1.54, 1.807) is 6.07 Å². The number of fused-ring (bicyclic) bond motifs is 1. The number of carbonyl (C=O) groups is 2. The van der Waals surface area contributed by atoms with Crippen molar-refractivity contribution < 1.29 is 9.59 Å². The van der Waals surface area contributed by atoms with Gasteiger partial charge in [0.05, 0.1) is 11.5 Å². The number of aryl methyl sites for hydroxylation is 2. The Kier molecular flexibility index (Phi) is 7.21. The average Bonchev–Trinajstić information content (AvgIpc) is 3.18. The summed E-state index contributed by atoms with van der Waals surface area (Å²) >= 11 is 6.12. The molecule has 1 aromatic carbocycles. The summed E-state index contributed by atoms with van der Waals surface area (Å²) in [6.45, 7) is 11.5. The fourth-order valence-electron chi connectivity index (χ4n) is 4.23. The fourth-order valence-corrected chi connectivity index (χ4v) is 4.41. The minimum Gasteiger partial charge on any atom is -0.362 e. The molecule has 0 fully saturated rings. The van der Waals surface area contributed by atoms with Crippen LogP contribution in [0, 0.1) is 13.8 Å². The normalized spacial score (nSPS) is 15.4. The van der Waals surface area contributed by atoms with E-state index in [0.29, 0.717) is 30.0 Å². The molecule has 0 saturated carbocycles. The van der Waals surface area contributed by atoms with Gasteiger partial charge >= 0.3 is 0 Å². The summed E-state index contributed by atoms with van der Waals surface area (Å²) in [5.74, 6) is -0.272. The van der Waals surface area contributed by atoms with Crippen LogP contribution < -0.4 is 10.6 Å². The zero-order valence-corrected chi connectivity index (χ0v) is 18.9. The van der Waals surface area contributed by atoms with Crippen LogP contribution in [0.15, 0.2) is 18.2 Å². The van der Waals surface area contributed by atoms with Crippen LogP contribution in [0.5, 0.6) is 0 Å². The highest BCUT2D eigenvalue weighted by atomic mass is 35.5. The second kappa shape index (κ2) is 9.67. The summed E-state index contributed by atoms with van der Waals surface area (Å²) in [5.41, 5.74) is 5.32. The second-order valence-corrected chi connectivity index (χ2v) is 8.26. The number of hydrogen-bond acceptors (Lipinski definition) is 3. The number of aromatic nitrogens is 1. The molecule has 3 rings (SSSR count). The van der Waals surface area contributed by atoms with Gasteiger partial charge in [-0.05, 0) is 69.1 Å². The predicted octanol–water partition coefficient (Wildman–Crippen LogP) is 4.03. The van der Waals surface area contributed by atoms with Gasteiger partial charge in [0.25, 0.3) is 5.91 Å². The molecule has 1 aliphatic heterocycles. The van der Waals surface area contributed by atoms with Gasteiger partial charge in [-0.25, -0.2) is 0 Å². The van der Waals surface area contributed by atoms with Gasteiger partial charge < -0.3 is 20.5 Å². The summed E-state index contributed by atoms with van der Waals surface area (Å²) in [4.78, 5) is 30.8. The quantitative estimate of drug-likeness (QED) is 0.562. The Morgan fingerprint density at radius 2 is 1.97 bits per heavy atom. The highest BCUT2D eigenvalue weighted by molar-refractivity contribution is 6.31. The van der Waals surface area contributed by atoms with Crippen LogP contribution in [-0.4, -0.2) is 47.9 Å². The van der Waals surface area contributed by atoms with Crippen molar-refractivity contribution >= 4 is 29.1 Å². The molecular formula is C23H31ClN4O2. The van der Waals surface area contributed by atoms with Crippen LogP contribution in [-0.2, 0) is 11.2 Å². The molecule has 1 unspecified atom stereocenters. The first-order valence-corrected chi connectivity index (χ1v) is 11.0. The number of benzene rings is 1. The van der Waals surface area contributed by atoms with Gasteiger partial charge in [0.15, 0.2) is 0 Å². The number of halogens is 1. The molecule has 1 aliphatic rings. The Hall–Kier alpha value is -2.31. The minimum absolute atomic E-state index is 0.00238. The van der Waals surface area contributed by atoms with Crippen LogP contribution in [0.1, 0.15) is 59.1 Å². The number of rotatable bonds is 9. The first kappa shape index (κ1) is 22.4. The first-order chi connectivity index (χ1) is 14.3. The zero-order chi connectivity index (χ0) is 21.8. The molecule has 0 spiro atoms. The number of aromatic amines is 1. The third kappa shape index (κ3) is 4.71. The van der Waals surface area contributed by atoms with E-state index in [4.69, 9.17) is 11.6 Å². The third-order valence-electron chi connectivity index (χ3n) is 6.02. The third-order valence-corrected chi connectivity index (χ3v) is 6.26. The molecular weight excluding hydrogens is 400 g/mol. The Morgan fingerprint density at radius 3 is 2.67 bits per heavy atom. The summed E-state index contributed by atoms with van der Waals surface area (Å²) < 4.78 is 0. The molecule has 2 heterocycles. The van der Waals surface area contributed by atoms with Gasteiger partial charge in [-0.2, -0.15) is 0 Å². The zero-order valence-electron chi connectivity index (χ0n) is 18.2. The van der Waals surface area contributed by atoms with Gasteiger partial charge in [0, 0.05) is 35.2 Å². The van der Waals surface area contributed by atoms with Crippen molar-refractivity contribution in [3.05, 3.63) is 51.3 Å². The van der Waals surface area contributed by atoms with Gasteiger partial charge in [-0.1, -0.05) is 25.4 Å². The van der Waals surface area contributed by atoms with Gasteiger partial charge in [0.1, 0.15) is 0 Å². The maximum absolute atomic E-state index is 12.7. The molecule has 0 radical (unpaired) electrons. The summed E-state index contributed by atoms with van der Waals surface area (Å²) in [5, 5.41) is 6.59. The van der Waals surface area contributed by atoms with Crippen LogP contribution in [0.25, 0.3) is 0 Å². The standard InChI is InChI=1S/C23H31ClN4O2/c1-5-28(6-2)12-11-25-23(30)21-14(3)19(26-15(21)4)10-8-17-18-13-16(24)7-9-20(18)27-22(17)29/h7,9,13,17,26H,5-6,8,10-12H2,1-4H3,(H,25,30)(H,27,29). The molecule has 1 aromatic heterocycles. The number of anilines is 1. The smallest absolute Gasteiger partial charge is 0.253 e. The lowest BCUT2D eigenvalue weighted by Crippen LogP contribution is -2.35. The number of amides is 2. The van der Waals surface area contributed by atoms with Gasteiger partial charge in [-0.3, -0.25) is 9.59 Å². The molecule has 30 heavy (non-hydrogen) atoms. The van der Waals surface area contributed by atoms with E-state index in [9.17, 15) is 9.59 Å². The number of nitrogens with zero attached hydrogens (tertiary/aromatic N) is 1. The predicted molar refractivity (Wildman–Crippen MR) is 122 cm³/mol. The number of H-pyrrole nitrogens is 1. The molecule has 0 aliphatic carbocycles. The van der Waals surface area contributed by atoms with E-state index in [1.165, 1.54) is 0 Å². The van der Waals surface area contributed by atoms with Crippen molar-refractivity contribution in [1.29, 1.82) is 0 Å². The largest absolute Gasteiger partial charge is 0.362 e. The topological polar surface area (TPSA) is 77.2 Å². The Morgan fingerprint density at radius 1 is 1.23 bits per heavy atom. The van der Waals surface area contributed by atoms with Crippen molar-refractivity contribution in [2.75, 3.05) is 31.5 Å².